The number of hydrogen-bond acceptors (Lipinski definition) is 3. The number of benzene rings is 1. The average Bonchev–Trinajstić information content (AvgIpc) is 2.98. The van der Waals surface area contributed by atoms with Crippen LogP contribution < -0.4 is 5.32 Å². The van der Waals surface area contributed by atoms with Crippen molar-refractivity contribution in [3.05, 3.63) is 35.4 Å². The Morgan fingerprint density at radius 1 is 1.53 bits per heavy atom. The number of amides is 1. The van der Waals surface area contributed by atoms with Crippen LogP contribution in [0.1, 0.15) is 30.9 Å². The third kappa shape index (κ3) is 3.12. The van der Waals surface area contributed by atoms with Crippen molar-refractivity contribution >= 4 is 5.91 Å². The summed E-state index contributed by atoms with van der Waals surface area (Å²) < 4.78 is 0. The Labute approximate surface area is 114 Å². The van der Waals surface area contributed by atoms with Gasteiger partial charge in [0, 0.05) is 13.1 Å². The summed E-state index contributed by atoms with van der Waals surface area (Å²) in [7, 11) is 0. The zero-order valence-electron chi connectivity index (χ0n) is 11.2. The summed E-state index contributed by atoms with van der Waals surface area (Å²) in [5, 5.41) is 12.3. The van der Waals surface area contributed by atoms with Crippen LogP contribution in [0.2, 0.25) is 0 Å². The molecule has 0 bridgehead atoms. The van der Waals surface area contributed by atoms with Crippen molar-refractivity contribution in [2.75, 3.05) is 13.1 Å². The van der Waals surface area contributed by atoms with Crippen LogP contribution in [-0.2, 0) is 11.3 Å². The van der Waals surface area contributed by atoms with Crippen LogP contribution in [0, 0.1) is 11.3 Å². The predicted octanol–water partition coefficient (Wildman–Crippen LogP) is 1.66. The van der Waals surface area contributed by atoms with Crippen molar-refractivity contribution < 1.29 is 4.79 Å². The molecule has 4 heteroatoms. The third-order valence-corrected chi connectivity index (χ3v) is 3.55. The first-order valence-corrected chi connectivity index (χ1v) is 6.76. The van der Waals surface area contributed by atoms with Gasteiger partial charge in [-0.1, -0.05) is 18.2 Å². The molecule has 1 saturated heterocycles. The first-order chi connectivity index (χ1) is 9.26. The van der Waals surface area contributed by atoms with Gasteiger partial charge in [0.15, 0.2) is 0 Å². The maximum atomic E-state index is 12.4. The largest absolute Gasteiger partial charge is 0.337 e. The molecule has 1 aliphatic heterocycles. The molecule has 0 spiro atoms. The van der Waals surface area contributed by atoms with Crippen LogP contribution in [0.4, 0.5) is 0 Å². The molecule has 1 heterocycles. The van der Waals surface area contributed by atoms with Crippen molar-refractivity contribution in [3.8, 4) is 6.07 Å². The monoisotopic (exact) mass is 257 g/mol. The van der Waals surface area contributed by atoms with Gasteiger partial charge in [-0.05, 0) is 37.9 Å². The molecular formula is C15H19N3O. The lowest BCUT2D eigenvalue weighted by Gasteiger charge is -2.24. The molecule has 1 aromatic carbocycles. The van der Waals surface area contributed by atoms with Crippen molar-refractivity contribution in [3.63, 3.8) is 0 Å². The molecule has 1 atom stereocenters. The van der Waals surface area contributed by atoms with Crippen LogP contribution in [0.15, 0.2) is 24.3 Å². The highest BCUT2D eigenvalue weighted by atomic mass is 16.2. The van der Waals surface area contributed by atoms with Gasteiger partial charge in [0.1, 0.15) is 0 Å². The van der Waals surface area contributed by atoms with Crippen LogP contribution in [0.3, 0.4) is 0 Å². The van der Waals surface area contributed by atoms with Crippen LogP contribution in [0.5, 0.6) is 0 Å². The second-order valence-electron chi connectivity index (χ2n) is 4.77. The Morgan fingerprint density at radius 2 is 2.32 bits per heavy atom. The molecule has 0 saturated carbocycles. The number of rotatable bonds is 4. The van der Waals surface area contributed by atoms with E-state index < -0.39 is 0 Å². The molecule has 4 nitrogen and oxygen atoms in total. The number of carbonyl (C=O) groups excluding carboxylic acids is 1. The van der Waals surface area contributed by atoms with Crippen LogP contribution in [0.25, 0.3) is 0 Å². The summed E-state index contributed by atoms with van der Waals surface area (Å²) in [6, 6.07) is 9.59. The van der Waals surface area contributed by atoms with E-state index in [1.807, 2.05) is 30.0 Å². The highest BCUT2D eigenvalue weighted by Gasteiger charge is 2.26. The van der Waals surface area contributed by atoms with E-state index in [4.69, 9.17) is 5.26 Å². The number of nitrogens with zero attached hydrogens (tertiary/aromatic N) is 2. The molecular weight excluding hydrogens is 238 g/mol. The first-order valence-electron chi connectivity index (χ1n) is 6.76. The predicted molar refractivity (Wildman–Crippen MR) is 73.3 cm³/mol. The Morgan fingerprint density at radius 3 is 2.95 bits per heavy atom. The van der Waals surface area contributed by atoms with E-state index in [-0.39, 0.29) is 11.9 Å². The van der Waals surface area contributed by atoms with Crippen molar-refractivity contribution in [2.45, 2.75) is 32.4 Å². The number of hydrogen-bond donors (Lipinski definition) is 1. The lowest BCUT2D eigenvalue weighted by atomic mass is 10.1. The molecule has 1 N–H and O–H groups in total. The average molecular weight is 257 g/mol. The summed E-state index contributed by atoms with van der Waals surface area (Å²) in [6.45, 7) is 4.07. The Bertz CT molecular complexity index is 486. The lowest BCUT2D eigenvalue weighted by molar-refractivity contribution is -0.133. The van der Waals surface area contributed by atoms with Crippen molar-refractivity contribution in [1.29, 1.82) is 5.26 Å². The van der Waals surface area contributed by atoms with Crippen molar-refractivity contribution in [2.24, 2.45) is 0 Å². The maximum Gasteiger partial charge on any atom is 0.239 e. The summed E-state index contributed by atoms with van der Waals surface area (Å²) in [5.74, 6) is 0.146. The maximum absolute atomic E-state index is 12.4. The number of likely N-dealkylation sites (N-methyl/N-ethyl adjacent to an activating group) is 1. The summed E-state index contributed by atoms with van der Waals surface area (Å²) in [6.07, 6.45) is 1.97. The minimum absolute atomic E-state index is 0.0470. The molecule has 0 aliphatic carbocycles. The number of carbonyl (C=O) groups is 1. The van der Waals surface area contributed by atoms with Gasteiger partial charge in [-0.3, -0.25) is 4.79 Å². The van der Waals surface area contributed by atoms with Gasteiger partial charge in [-0.25, -0.2) is 0 Å². The van der Waals surface area contributed by atoms with E-state index >= 15 is 0 Å². The zero-order chi connectivity index (χ0) is 13.7. The third-order valence-electron chi connectivity index (χ3n) is 3.55. The van der Waals surface area contributed by atoms with Crippen LogP contribution in [-0.4, -0.2) is 29.9 Å². The van der Waals surface area contributed by atoms with Gasteiger partial charge < -0.3 is 10.2 Å². The standard InChI is InChI=1S/C15H19N3O/c1-2-18(15(19)14-8-5-9-17-14)11-13-7-4-3-6-12(13)10-16/h3-4,6-7,14,17H,2,5,8-9,11H2,1H3/t14-/m0/s1. The normalized spacial score (nSPS) is 18.0. The topological polar surface area (TPSA) is 56.1 Å². The Balaban J connectivity index is 2.10. The first kappa shape index (κ1) is 13.6. The highest BCUT2D eigenvalue weighted by Crippen LogP contribution is 2.14. The SMILES string of the molecule is CCN(Cc1ccccc1C#N)C(=O)[C@@H]1CCCN1. The quantitative estimate of drug-likeness (QED) is 0.892. The number of nitrogens with one attached hydrogen (secondary N) is 1. The molecule has 0 aromatic heterocycles. The fourth-order valence-corrected chi connectivity index (χ4v) is 2.43. The van der Waals surface area contributed by atoms with E-state index in [0.717, 1.165) is 24.9 Å². The van der Waals surface area contributed by atoms with Gasteiger partial charge in [0.2, 0.25) is 5.91 Å². The molecule has 2 rings (SSSR count). The van der Waals surface area contributed by atoms with Gasteiger partial charge in [-0.2, -0.15) is 5.26 Å². The van der Waals surface area contributed by atoms with E-state index in [0.29, 0.717) is 18.7 Å². The molecule has 1 fully saturated rings. The Hall–Kier alpha value is -1.86. The van der Waals surface area contributed by atoms with Gasteiger partial charge >= 0.3 is 0 Å². The molecule has 1 aliphatic rings. The minimum atomic E-state index is -0.0470. The lowest BCUT2D eigenvalue weighted by Crippen LogP contribution is -2.43. The zero-order valence-corrected chi connectivity index (χ0v) is 11.2. The highest BCUT2D eigenvalue weighted by molar-refractivity contribution is 5.82. The van der Waals surface area contributed by atoms with E-state index in [2.05, 4.69) is 11.4 Å². The molecule has 1 amide bonds. The molecule has 19 heavy (non-hydrogen) atoms. The second kappa shape index (κ2) is 6.35. The smallest absolute Gasteiger partial charge is 0.239 e. The molecule has 0 radical (unpaired) electrons. The molecule has 1 aromatic rings. The van der Waals surface area contributed by atoms with Crippen LogP contribution >= 0.6 is 0 Å². The van der Waals surface area contributed by atoms with Gasteiger partial charge in [0.25, 0.3) is 0 Å². The fourth-order valence-electron chi connectivity index (χ4n) is 2.43. The summed E-state index contributed by atoms with van der Waals surface area (Å²) >= 11 is 0. The summed E-state index contributed by atoms with van der Waals surface area (Å²) in [4.78, 5) is 14.2. The van der Waals surface area contributed by atoms with Gasteiger partial charge in [-0.15, -0.1) is 0 Å². The number of nitriles is 1. The minimum Gasteiger partial charge on any atom is -0.337 e. The van der Waals surface area contributed by atoms with E-state index in [1.165, 1.54) is 0 Å². The molecule has 100 valence electrons. The Kier molecular flexibility index (Phi) is 4.53. The van der Waals surface area contributed by atoms with Gasteiger partial charge in [0.05, 0.1) is 17.7 Å². The van der Waals surface area contributed by atoms with Crippen molar-refractivity contribution in [1.82, 2.24) is 10.2 Å². The van der Waals surface area contributed by atoms with E-state index in [9.17, 15) is 4.79 Å². The molecule has 0 unspecified atom stereocenters. The van der Waals surface area contributed by atoms with E-state index in [1.54, 1.807) is 6.07 Å². The fraction of sp³-hybridized carbons (Fsp3) is 0.467. The summed E-state index contributed by atoms with van der Waals surface area (Å²) in [5.41, 5.74) is 1.56. The second-order valence-corrected chi connectivity index (χ2v) is 4.77.